The van der Waals surface area contributed by atoms with Crippen molar-refractivity contribution >= 4 is 45.8 Å². The second kappa shape index (κ2) is 8.78. The van der Waals surface area contributed by atoms with Crippen molar-refractivity contribution in [2.75, 3.05) is 10.6 Å². The average molecular weight is 498 g/mol. The van der Waals surface area contributed by atoms with Crippen molar-refractivity contribution in [3.63, 3.8) is 0 Å². The first kappa shape index (κ1) is 21.0. The highest BCUT2D eigenvalue weighted by Crippen LogP contribution is 2.23. The Kier molecular flexibility index (Phi) is 6.37. The van der Waals surface area contributed by atoms with Crippen molar-refractivity contribution in [1.29, 1.82) is 0 Å². The molecule has 148 valence electrons. The predicted octanol–water partition coefficient (Wildman–Crippen LogP) is 6.09. The lowest BCUT2D eigenvalue weighted by molar-refractivity contribution is 0.101. The van der Waals surface area contributed by atoms with Gasteiger partial charge in [-0.05, 0) is 82.1 Å². The summed E-state index contributed by atoms with van der Waals surface area (Å²) in [6, 6.07) is 22.1. The first-order valence-corrected chi connectivity index (χ1v) is 10.4. The SMILES string of the molecule is CC(C)(C)c1ccc(C(=O)Nc2cccc(NC(=O)c3cccc(I)c3)c2)cc1. The van der Waals surface area contributed by atoms with Gasteiger partial charge >= 0.3 is 0 Å². The highest BCUT2D eigenvalue weighted by Gasteiger charge is 2.14. The molecule has 0 heterocycles. The number of anilines is 2. The van der Waals surface area contributed by atoms with Crippen LogP contribution in [0.1, 0.15) is 47.1 Å². The molecular formula is C24H23IN2O2. The number of benzene rings is 3. The third-order valence-electron chi connectivity index (χ3n) is 4.48. The van der Waals surface area contributed by atoms with Crippen molar-refractivity contribution in [3.05, 3.63) is 93.1 Å². The molecule has 0 aliphatic rings. The first-order chi connectivity index (χ1) is 13.7. The monoisotopic (exact) mass is 498 g/mol. The van der Waals surface area contributed by atoms with E-state index in [-0.39, 0.29) is 17.2 Å². The van der Waals surface area contributed by atoms with Crippen LogP contribution in [0.3, 0.4) is 0 Å². The van der Waals surface area contributed by atoms with Crippen molar-refractivity contribution in [3.8, 4) is 0 Å². The summed E-state index contributed by atoms with van der Waals surface area (Å²) in [5, 5.41) is 5.76. The van der Waals surface area contributed by atoms with Crippen LogP contribution >= 0.6 is 22.6 Å². The van der Waals surface area contributed by atoms with Crippen LogP contribution in [0.15, 0.2) is 72.8 Å². The number of halogens is 1. The van der Waals surface area contributed by atoms with E-state index in [1.165, 1.54) is 5.56 Å². The molecule has 3 aromatic carbocycles. The molecule has 0 spiro atoms. The van der Waals surface area contributed by atoms with Crippen LogP contribution in [0.5, 0.6) is 0 Å². The van der Waals surface area contributed by atoms with Gasteiger partial charge in [-0.1, -0.05) is 45.0 Å². The zero-order chi connectivity index (χ0) is 21.0. The minimum Gasteiger partial charge on any atom is -0.322 e. The second-order valence-corrected chi connectivity index (χ2v) is 9.07. The molecule has 0 unspecified atom stereocenters. The van der Waals surface area contributed by atoms with Gasteiger partial charge in [0.1, 0.15) is 0 Å². The van der Waals surface area contributed by atoms with Gasteiger partial charge in [-0.15, -0.1) is 0 Å². The molecule has 0 aliphatic heterocycles. The normalized spacial score (nSPS) is 11.0. The van der Waals surface area contributed by atoms with E-state index < -0.39 is 0 Å². The third-order valence-corrected chi connectivity index (χ3v) is 5.15. The smallest absolute Gasteiger partial charge is 0.255 e. The van der Waals surface area contributed by atoms with Gasteiger partial charge in [-0.2, -0.15) is 0 Å². The zero-order valence-corrected chi connectivity index (χ0v) is 18.8. The van der Waals surface area contributed by atoms with Gasteiger partial charge in [0.2, 0.25) is 0 Å². The van der Waals surface area contributed by atoms with Crippen LogP contribution in [0, 0.1) is 3.57 Å². The van der Waals surface area contributed by atoms with Gasteiger partial charge < -0.3 is 10.6 Å². The molecule has 0 saturated carbocycles. The largest absolute Gasteiger partial charge is 0.322 e. The summed E-state index contributed by atoms with van der Waals surface area (Å²) in [4.78, 5) is 25.0. The Morgan fingerprint density at radius 2 is 1.28 bits per heavy atom. The predicted molar refractivity (Wildman–Crippen MR) is 127 cm³/mol. The van der Waals surface area contributed by atoms with Crippen molar-refractivity contribution in [2.24, 2.45) is 0 Å². The number of hydrogen-bond acceptors (Lipinski definition) is 2. The lowest BCUT2D eigenvalue weighted by atomic mass is 9.87. The lowest BCUT2D eigenvalue weighted by Crippen LogP contribution is -2.15. The molecule has 0 bridgehead atoms. The Bertz CT molecular complexity index is 1040. The molecule has 29 heavy (non-hydrogen) atoms. The van der Waals surface area contributed by atoms with Crippen LogP contribution in [0.4, 0.5) is 11.4 Å². The van der Waals surface area contributed by atoms with E-state index in [0.717, 1.165) is 3.57 Å². The number of nitrogens with one attached hydrogen (secondary N) is 2. The molecule has 0 radical (unpaired) electrons. The summed E-state index contributed by atoms with van der Waals surface area (Å²) in [6.45, 7) is 6.41. The summed E-state index contributed by atoms with van der Waals surface area (Å²) in [7, 11) is 0. The van der Waals surface area contributed by atoms with E-state index in [9.17, 15) is 9.59 Å². The fraction of sp³-hybridized carbons (Fsp3) is 0.167. The molecule has 3 rings (SSSR count). The maximum atomic E-state index is 12.6. The van der Waals surface area contributed by atoms with E-state index in [2.05, 4.69) is 54.0 Å². The number of hydrogen-bond donors (Lipinski definition) is 2. The summed E-state index contributed by atoms with van der Waals surface area (Å²) >= 11 is 2.17. The topological polar surface area (TPSA) is 58.2 Å². The average Bonchev–Trinajstić information content (AvgIpc) is 2.67. The van der Waals surface area contributed by atoms with Gasteiger partial charge in [0.25, 0.3) is 11.8 Å². The standard InChI is InChI=1S/C24H23IN2O2/c1-24(2,3)18-12-10-16(11-13-18)22(28)26-20-8-5-9-21(15-20)27-23(29)17-6-4-7-19(25)14-17/h4-15H,1-3H3,(H,26,28)(H,27,29). The molecular weight excluding hydrogens is 475 g/mol. The minimum absolute atomic E-state index is 0.0400. The maximum absolute atomic E-state index is 12.6. The fourth-order valence-electron chi connectivity index (χ4n) is 2.83. The number of amides is 2. The number of rotatable bonds is 4. The molecule has 0 fully saturated rings. The quantitative estimate of drug-likeness (QED) is 0.428. The van der Waals surface area contributed by atoms with Crippen LogP contribution in [-0.4, -0.2) is 11.8 Å². The van der Waals surface area contributed by atoms with E-state index in [0.29, 0.717) is 22.5 Å². The Balaban J connectivity index is 1.69. The first-order valence-electron chi connectivity index (χ1n) is 9.31. The van der Waals surface area contributed by atoms with Crippen LogP contribution < -0.4 is 10.6 Å². The summed E-state index contributed by atoms with van der Waals surface area (Å²) in [6.07, 6.45) is 0. The second-order valence-electron chi connectivity index (χ2n) is 7.83. The fourth-order valence-corrected chi connectivity index (χ4v) is 3.38. The van der Waals surface area contributed by atoms with Gasteiger partial charge in [0.15, 0.2) is 0 Å². The molecule has 5 heteroatoms. The summed E-state index contributed by atoms with van der Waals surface area (Å²) < 4.78 is 0.994. The Morgan fingerprint density at radius 1 is 0.724 bits per heavy atom. The number of carbonyl (C=O) groups excluding carboxylic acids is 2. The van der Waals surface area contributed by atoms with Crippen LogP contribution in [-0.2, 0) is 5.41 Å². The van der Waals surface area contributed by atoms with Crippen molar-refractivity contribution in [2.45, 2.75) is 26.2 Å². The third kappa shape index (κ3) is 5.67. The molecule has 2 N–H and O–H groups in total. The summed E-state index contributed by atoms with van der Waals surface area (Å²) in [5.41, 5.74) is 3.63. The van der Waals surface area contributed by atoms with Crippen LogP contribution in [0.2, 0.25) is 0 Å². The Labute approximate surface area is 184 Å². The van der Waals surface area contributed by atoms with Gasteiger partial charge in [-0.3, -0.25) is 9.59 Å². The summed E-state index contributed by atoms with van der Waals surface area (Å²) in [5.74, 6) is -0.378. The Hall–Kier alpha value is -2.67. The molecule has 4 nitrogen and oxygen atoms in total. The van der Waals surface area contributed by atoms with E-state index in [4.69, 9.17) is 0 Å². The van der Waals surface area contributed by atoms with Gasteiger partial charge in [0, 0.05) is 26.1 Å². The lowest BCUT2D eigenvalue weighted by Gasteiger charge is -2.19. The van der Waals surface area contributed by atoms with Crippen LogP contribution in [0.25, 0.3) is 0 Å². The minimum atomic E-state index is -0.190. The molecule has 2 amide bonds. The highest BCUT2D eigenvalue weighted by atomic mass is 127. The zero-order valence-electron chi connectivity index (χ0n) is 16.6. The van der Waals surface area contributed by atoms with E-state index in [1.54, 1.807) is 30.3 Å². The Morgan fingerprint density at radius 3 is 1.83 bits per heavy atom. The molecule has 0 saturated heterocycles. The maximum Gasteiger partial charge on any atom is 0.255 e. The van der Waals surface area contributed by atoms with E-state index in [1.807, 2.05) is 42.5 Å². The highest BCUT2D eigenvalue weighted by molar-refractivity contribution is 14.1. The molecule has 0 aromatic heterocycles. The van der Waals surface area contributed by atoms with Gasteiger partial charge in [-0.25, -0.2) is 0 Å². The molecule has 3 aromatic rings. The van der Waals surface area contributed by atoms with E-state index >= 15 is 0 Å². The van der Waals surface area contributed by atoms with Crippen molar-refractivity contribution in [1.82, 2.24) is 0 Å². The van der Waals surface area contributed by atoms with Crippen molar-refractivity contribution < 1.29 is 9.59 Å². The number of carbonyl (C=O) groups is 2. The molecule has 0 aliphatic carbocycles. The van der Waals surface area contributed by atoms with Gasteiger partial charge in [0.05, 0.1) is 0 Å². The molecule has 0 atom stereocenters.